The molecular weight excluding hydrogens is 292 g/mol. The van der Waals surface area contributed by atoms with Gasteiger partial charge in [-0.1, -0.05) is 6.07 Å². The number of nitrogens with two attached hydrogens (primary N) is 1. The first-order chi connectivity index (χ1) is 11.0. The SMILES string of the molecule is CC(C)N(C)C(=O)c1cc(N)n2nc(-c3ccccn3)nc2c1. The van der Waals surface area contributed by atoms with Crippen molar-refractivity contribution in [1.82, 2.24) is 24.5 Å². The Bertz CT molecular complexity index is 856. The van der Waals surface area contributed by atoms with E-state index in [0.717, 1.165) is 0 Å². The van der Waals surface area contributed by atoms with Gasteiger partial charge in [-0.3, -0.25) is 9.78 Å². The summed E-state index contributed by atoms with van der Waals surface area (Å²) in [6.07, 6.45) is 1.68. The molecule has 0 spiro atoms. The summed E-state index contributed by atoms with van der Waals surface area (Å²) in [6, 6.07) is 8.92. The van der Waals surface area contributed by atoms with Crippen molar-refractivity contribution in [2.45, 2.75) is 19.9 Å². The monoisotopic (exact) mass is 310 g/mol. The van der Waals surface area contributed by atoms with Gasteiger partial charge in [0.15, 0.2) is 5.65 Å². The fourth-order valence-corrected chi connectivity index (χ4v) is 2.17. The van der Waals surface area contributed by atoms with Crippen LogP contribution >= 0.6 is 0 Å². The molecule has 23 heavy (non-hydrogen) atoms. The maximum Gasteiger partial charge on any atom is 0.254 e. The third-order valence-corrected chi connectivity index (χ3v) is 3.70. The van der Waals surface area contributed by atoms with Crippen molar-refractivity contribution in [1.29, 1.82) is 0 Å². The van der Waals surface area contributed by atoms with Crippen molar-refractivity contribution in [3.05, 3.63) is 42.1 Å². The largest absolute Gasteiger partial charge is 0.384 e. The van der Waals surface area contributed by atoms with Gasteiger partial charge in [-0.15, -0.1) is 5.10 Å². The van der Waals surface area contributed by atoms with Crippen LogP contribution in [0.25, 0.3) is 17.2 Å². The van der Waals surface area contributed by atoms with Crippen molar-refractivity contribution >= 4 is 17.4 Å². The van der Waals surface area contributed by atoms with Gasteiger partial charge in [0.05, 0.1) is 0 Å². The molecule has 0 radical (unpaired) electrons. The molecule has 0 aromatic carbocycles. The van der Waals surface area contributed by atoms with Crippen LogP contribution < -0.4 is 5.73 Å². The predicted octanol–water partition coefficient (Wildman–Crippen LogP) is 1.85. The number of carbonyl (C=O) groups is 1. The van der Waals surface area contributed by atoms with E-state index >= 15 is 0 Å². The third kappa shape index (κ3) is 2.73. The average molecular weight is 310 g/mol. The molecular formula is C16H18N6O. The molecule has 3 aromatic heterocycles. The molecule has 7 nitrogen and oxygen atoms in total. The van der Waals surface area contributed by atoms with E-state index in [1.807, 2.05) is 32.0 Å². The van der Waals surface area contributed by atoms with Crippen LogP contribution in [0.2, 0.25) is 0 Å². The first kappa shape index (κ1) is 15.0. The number of amides is 1. The number of hydrogen-bond donors (Lipinski definition) is 1. The van der Waals surface area contributed by atoms with Gasteiger partial charge in [-0.25, -0.2) is 4.98 Å². The van der Waals surface area contributed by atoms with Crippen LogP contribution in [0, 0.1) is 0 Å². The first-order valence-corrected chi connectivity index (χ1v) is 7.32. The third-order valence-electron chi connectivity index (χ3n) is 3.70. The second-order valence-electron chi connectivity index (χ2n) is 5.60. The Morgan fingerprint density at radius 1 is 1.30 bits per heavy atom. The van der Waals surface area contributed by atoms with E-state index in [2.05, 4.69) is 15.1 Å². The van der Waals surface area contributed by atoms with Gasteiger partial charge in [-0.2, -0.15) is 4.52 Å². The van der Waals surface area contributed by atoms with E-state index < -0.39 is 0 Å². The van der Waals surface area contributed by atoms with Gasteiger partial charge in [0.1, 0.15) is 11.5 Å². The summed E-state index contributed by atoms with van der Waals surface area (Å²) < 4.78 is 1.51. The van der Waals surface area contributed by atoms with Crippen molar-refractivity contribution < 1.29 is 4.79 Å². The van der Waals surface area contributed by atoms with Gasteiger partial charge in [-0.05, 0) is 38.1 Å². The Morgan fingerprint density at radius 2 is 2.09 bits per heavy atom. The number of rotatable bonds is 3. The molecule has 3 rings (SSSR count). The molecule has 0 fully saturated rings. The number of nitrogen functional groups attached to an aromatic ring is 1. The fourth-order valence-electron chi connectivity index (χ4n) is 2.17. The summed E-state index contributed by atoms with van der Waals surface area (Å²) in [5.41, 5.74) is 7.70. The molecule has 7 heteroatoms. The molecule has 2 N–H and O–H groups in total. The van der Waals surface area contributed by atoms with Gasteiger partial charge < -0.3 is 10.6 Å². The molecule has 3 heterocycles. The Labute approximate surface area is 133 Å². The van der Waals surface area contributed by atoms with Crippen LogP contribution in [-0.4, -0.2) is 43.5 Å². The zero-order chi connectivity index (χ0) is 16.6. The lowest BCUT2D eigenvalue weighted by atomic mass is 10.2. The van der Waals surface area contributed by atoms with Crippen LogP contribution in [0.1, 0.15) is 24.2 Å². The molecule has 0 aliphatic rings. The van der Waals surface area contributed by atoms with E-state index in [-0.39, 0.29) is 11.9 Å². The van der Waals surface area contributed by atoms with E-state index in [0.29, 0.717) is 28.5 Å². The van der Waals surface area contributed by atoms with Gasteiger partial charge in [0, 0.05) is 24.8 Å². The van der Waals surface area contributed by atoms with E-state index in [1.54, 1.807) is 30.3 Å². The summed E-state index contributed by atoms with van der Waals surface area (Å²) >= 11 is 0. The maximum atomic E-state index is 12.5. The van der Waals surface area contributed by atoms with Gasteiger partial charge in [0.2, 0.25) is 5.82 Å². The number of nitrogens with zero attached hydrogens (tertiary/aromatic N) is 5. The van der Waals surface area contributed by atoms with Crippen LogP contribution in [-0.2, 0) is 0 Å². The summed E-state index contributed by atoms with van der Waals surface area (Å²) in [4.78, 5) is 22.8. The van der Waals surface area contributed by atoms with Crippen LogP contribution in [0.5, 0.6) is 0 Å². The van der Waals surface area contributed by atoms with E-state index in [4.69, 9.17) is 5.73 Å². The summed E-state index contributed by atoms with van der Waals surface area (Å²) in [5.74, 6) is 0.730. The highest BCUT2D eigenvalue weighted by Crippen LogP contribution is 2.18. The highest BCUT2D eigenvalue weighted by molar-refractivity contribution is 5.96. The summed E-state index contributed by atoms with van der Waals surface area (Å²) in [7, 11) is 1.76. The van der Waals surface area contributed by atoms with Crippen molar-refractivity contribution in [3.63, 3.8) is 0 Å². The second kappa shape index (κ2) is 5.68. The standard InChI is InChI=1S/C16H18N6O/c1-10(2)21(3)16(23)11-8-13(17)22-14(9-11)19-15(20-22)12-6-4-5-7-18-12/h4-10H,17H2,1-3H3. The Morgan fingerprint density at radius 3 is 2.74 bits per heavy atom. The number of aromatic nitrogens is 4. The molecule has 0 aliphatic carbocycles. The smallest absolute Gasteiger partial charge is 0.254 e. The highest BCUT2D eigenvalue weighted by atomic mass is 16.2. The number of carbonyl (C=O) groups excluding carboxylic acids is 1. The molecule has 0 unspecified atom stereocenters. The molecule has 1 amide bonds. The lowest BCUT2D eigenvalue weighted by Gasteiger charge is -2.21. The Kier molecular flexibility index (Phi) is 3.69. The van der Waals surface area contributed by atoms with Crippen molar-refractivity contribution in [2.24, 2.45) is 0 Å². The zero-order valence-corrected chi connectivity index (χ0v) is 13.3. The van der Waals surface area contributed by atoms with Crippen LogP contribution in [0.3, 0.4) is 0 Å². The summed E-state index contributed by atoms with van der Waals surface area (Å²) in [6.45, 7) is 3.91. The van der Waals surface area contributed by atoms with Crippen molar-refractivity contribution in [2.75, 3.05) is 12.8 Å². The Balaban J connectivity index is 2.07. The molecule has 0 saturated carbocycles. The van der Waals surface area contributed by atoms with Crippen LogP contribution in [0.15, 0.2) is 36.5 Å². The molecule has 0 aliphatic heterocycles. The van der Waals surface area contributed by atoms with Crippen LogP contribution in [0.4, 0.5) is 5.82 Å². The number of pyridine rings is 2. The Hall–Kier alpha value is -2.96. The molecule has 0 atom stereocenters. The molecule has 3 aromatic rings. The lowest BCUT2D eigenvalue weighted by Crippen LogP contribution is -2.33. The quantitative estimate of drug-likeness (QED) is 0.797. The van der Waals surface area contributed by atoms with Gasteiger partial charge >= 0.3 is 0 Å². The van der Waals surface area contributed by atoms with Crippen molar-refractivity contribution in [3.8, 4) is 11.5 Å². The number of hydrogen-bond acceptors (Lipinski definition) is 5. The minimum Gasteiger partial charge on any atom is -0.384 e. The predicted molar refractivity (Wildman–Crippen MR) is 87.9 cm³/mol. The maximum absolute atomic E-state index is 12.5. The minimum atomic E-state index is -0.100. The summed E-state index contributed by atoms with van der Waals surface area (Å²) in [5, 5.41) is 4.36. The normalized spacial score (nSPS) is 11.1. The zero-order valence-electron chi connectivity index (χ0n) is 13.3. The molecule has 0 saturated heterocycles. The van der Waals surface area contributed by atoms with E-state index in [1.165, 1.54) is 4.52 Å². The topological polar surface area (TPSA) is 89.4 Å². The number of anilines is 1. The van der Waals surface area contributed by atoms with E-state index in [9.17, 15) is 4.79 Å². The lowest BCUT2D eigenvalue weighted by molar-refractivity contribution is 0.0755. The van der Waals surface area contributed by atoms with Gasteiger partial charge in [0.25, 0.3) is 5.91 Å². The molecule has 118 valence electrons. The highest BCUT2D eigenvalue weighted by Gasteiger charge is 2.18. The minimum absolute atomic E-state index is 0.0990. The fraction of sp³-hybridized carbons (Fsp3) is 0.250. The number of fused-ring (bicyclic) bond motifs is 1. The first-order valence-electron chi connectivity index (χ1n) is 7.32. The second-order valence-corrected chi connectivity index (χ2v) is 5.60. The molecule has 0 bridgehead atoms. The average Bonchev–Trinajstić information content (AvgIpc) is 2.99.